The maximum atomic E-state index is 14.0. The van der Waals surface area contributed by atoms with Gasteiger partial charge < -0.3 is 10.2 Å². The lowest BCUT2D eigenvalue weighted by atomic mass is 10.1. The van der Waals surface area contributed by atoms with Crippen LogP contribution in [0.1, 0.15) is 30.1 Å². The number of halogens is 1. The van der Waals surface area contributed by atoms with Gasteiger partial charge in [-0.15, -0.1) is 11.8 Å². The van der Waals surface area contributed by atoms with Gasteiger partial charge in [0.05, 0.1) is 5.75 Å². The average molecular weight is 388 g/mol. The van der Waals surface area contributed by atoms with Gasteiger partial charge in [-0.05, 0) is 38.0 Å². The van der Waals surface area contributed by atoms with Crippen LogP contribution >= 0.6 is 11.8 Å². The zero-order valence-electron chi connectivity index (χ0n) is 15.0. The molecule has 0 aliphatic carbocycles. The van der Waals surface area contributed by atoms with E-state index in [1.54, 1.807) is 30.6 Å². The summed E-state index contributed by atoms with van der Waals surface area (Å²) in [7, 11) is 0. The third-order valence-electron chi connectivity index (χ3n) is 4.39. The van der Waals surface area contributed by atoms with E-state index in [1.165, 1.54) is 13.0 Å². The predicted octanol–water partition coefficient (Wildman–Crippen LogP) is 2.70. The zero-order chi connectivity index (χ0) is 19.2. The van der Waals surface area contributed by atoms with Gasteiger partial charge in [-0.1, -0.05) is 6.07 Å². The van der Waals surface area contributed by atoms with Crippen molar-refractivity contribution < 1.29 is 14.0 Å². The van der Waals surface area contributed by atoms with Crippen LogP contribution in [0.25, 0.3) is 0 Å². The van der Waals surface area contributed by atoms with E-state index in [0.29, 0.717) is 16.4 Å². The largest absolute Gasteiger partial charge is 0.353 e. The van der Waals surface area contributed by atoms with Crippen LogP contribution in [0, 0.1) is 5.82 Å². The van der Waals surface area contributed by atoms with Gasteiger partial charge in [0.25, 0.3) is 0 Å². The highest BCUT2D eigenvalue weighted by atomic mass is 32.2. The number of hydrogen-bond acceptors (Lipinski definition) is 6. The van der Waals surface area contributed by atoms with Gasteiger partial charge in [-0.2, -0.15) is 0 Å². The standard InChI is InChI=1S/C19H21FN4O2S/c1-13(25)14-3-4-17(16(20)11-14)27-12-18(26)23-15-5-9-24(10-6-15)19-21-7-2-8-22-19/h2-4,7-8,11,15H,5-6,9-10,12H2,1H3,(H,23,26). The molecule has 2 heterocycles. The number of aromatic nitrogens is 2. The Morgan fingerprint density at radius 1 is 1.26 bits per heavy atom. The topological polar surface area (TPSA) is 75.2 Å². The number of thioether (sulfide) groups is 1. The number of ketones is 1. The summed E-state index contributed by atoms with van der Waals surface area (Å²) in [5.74, 6) is 0.0668. The van der Waals surface area contributed by atoms with Crippen molar-refractivity contribution in [3.8, 4) is 0 Å². The first kappa shape index (κ1) is 19.3. The second kappa shape index (κ2) is 8.94. The first-order valence-electron chi connectivity index (χ1n) is 8.77. The Morgan fingerprint density at radius 2 is 1.96 bits per heavy atom. The highest BCUT2D eigenvalue weighted by Crippen LogP contribution is 2.23. The summed E-state index contributed by atoms with van der Waals surface area (Å²) in [6, 6.07) is 6.22. The van der Waals surface area contributed by atoms with Crippen LogP contribution in [0.3, 0.4) is 0 Å². The van der Waals surface area contributed by atoms with Crippen LogP contribution in [0.4, 0.5) is 10.3 Å². The molecule has 27 heavy (non-hydrogen) atoms. The molecule has 1 aliphatic heterocycles. The normalized spacial score (nSPS) is 14.8. The second-order valence-electron chi connectivity index (χ2n) is 6.37. The molecule has 142 valence electrons. The van der Waals surface area contributed by atoms with E-state index in [1.807, 2.05) is 0 Å². The molecule has 1 N–H and O–H groups in total. The summed E-state index contributed by atoms with van der Waals surface area (Å²) >= 11 is 1.13. The van der Waals surface area contributed by atoms with E-state index in [0.717, 1.165) is 37.7 Å². The maximum absolute atomic E-state index is 14.0. The zero-order valence-corrected chi connectivity index (χ0v) is 15.8. The summed E-state index contributed by atoms with van der Waals surface area (Å²) < 4.78 is 14.0. The number of benzene rings is 1. The Labute approximate surface area is 161 Å². The fourth-order valence-electron chi connectivity index (χ4n) is 2.93. The van der Waals surface area contributed by atoms with Crippen LogP contribution in [0.2, 0.25) is 0 Å². The molecule has 1 aromatic carbocycles. The molecule has 0 unspecified atom stereocenters. The van der Waals surface area contributed by atoms with Crippen LogP contribution < -0.4 is 10.2 Å². The molecule has 0 saturated carbocycles. The van der Waals surface area contributed by atoms with E-state index >= 15 is 0 Å². The Hall–Kier alpha value is -2.48. The molecule has 1 saturated heterocycles. The van der Waals surface area contributed by atoms with Gasteiger partial charge in [0.1, 0.15) is 5.82 Å². The Kier molecular flexibility index (Phi) is 6.39. The number of carbonyl (C=O) groups excluding carboxylic acids is 2. The Balaban J connectivity index is 1.44. The van der Waals surface area contributed by atoms with Crippen LogP contribution in [-0.4, -0.2) is 46.5 Å². The molecule has 0 atom stereocenters. The first-order valence-corrected chi connectivity index (χ1v) is 9.76. The van der Waals surface area contributed by atoms with Crippen molar-refractivity contribution in [3.05, 3.63) is 48.0 Å². The van der Waals surface area contributed by atoms with Gasteiger partial charge in [-0.25, -0.2) is 14.4 Å². The van der Waals surface area contributed by atoms with Crippen LogP contribution in [0.15, 0.2) is 41.6 Å². The summed E-state index contributed by atoms with van der Waals surface area (Å²) in [4.78, 5) is 34.4. The average Bonchev–Trinajstić information content (AvgIpc) is 2.68. The number of anilines is 1. The van der Waals surface area contributed by atoms with Gasteiger partial charge >= 0.3 is 0 Å². The summed E-state index contributed by atoms with van der Waals surface area (Å²) in [5.41, 5.74) is 0.329. The minimum absolute atomic E-state index is 0.1000. The lowest BCUT2D eigenvalue weighted by Crippen LogP contribution is -2.45. The SMILES string of the molecule is CC(=O)c1ccc(SCC(=O)NC2CCN(c3ncccn3)CC2)c(F)c1. The number of hydrogen-bond donors (Lipinski definition) is 1. The third-order valence-corrected chi connectivity index (χ3v) is 5.44. The maximum Gasteiger partial charge on any atom is 0.230 e. The highest BCUT2D eigenvalue weighted by molar-refractivity contribution is 8.00. The Bertz CT molecular complexity index is 811. The number of amides is 1. The summed E-state index contributed by atoms with van der Waals surface area (Å²) in [6.07, 6.45) is 5.07. The molecule has 8 heteroatoms. The fourth-order valence-corrected chi connectivity index (χ4v) is 3.66. The molecule has 3 rings (SSSR count). The quantitative estimate of drug-likeness (QED) is 0.606. The molecule has 0 spiro atoms. The van der Waals surface area contributed by atoms with Crippen molar-refractivity contribution in [2.24, 2.45) is 0 Å². The van der Waals surface area contributed by atoms with Gasteiger partial charge in [0, 0.05) is 42.0 Å². The molecule has 2 aromatic rings. The van der Waals surface area contributed by atoms with Crippen LogP contribution in [-0.2, 0) is 4.79 Å². The number of nitrogens with zero attached hydrogens (tertiary/aromatic N) is 3. The third kappa shape index (κ3) is 5.26. The van der Waals surface area contributed by atoms with E-state index < -0.39 is 5.82 Å². The monoisotopic (exact) mass is 388 g/mol. The van der Waals surface area contributed by atoms with Crippen LogP contribution in [0.5, 0.6) is 0 Å². The molecule has 6 nitrogen and oxygen atoms in total. The predicted molar refractivity (Wildman–Crippen MR) is 103 cm³/mol. The van der Waals surface area contributed by atoms with Crippen molar-refractivity contribution in [2.75, 3.05) is 23.7 Å². The molecular weight excluding hydrogens is 367 g/mol. The number of carbonyl (C=O) groups is 2. The number of nitrogens with one attached hydrogen (secondary N) is 1. The van der Waals surface area contributed by atoms with Crippen molar-refractivity contribution in [2.45, 2.75) is 30.7 Å². The number of rotatable bonds is 6. The molecule has 1 aliphatic rings. The van der Waals surface area contributed by atoms with Crippen molar-refractivity contribution in [3.63, 3.8) is 0 Å². The first-order chi connectivity index (χ1) is 13.0. The molecule has 1 fully saturated rings. The van der Waals surface area contributed by atoms with E-state index in [4.69, 9.17) is 0 Å². The second-order valence-corrected chi connectivity index (χ2v) is 7.38. The Morgan fingerprint density at radius 3 is 2.59 bits per heavy atom. The number of Topliss-reactive ketones (excluding diaryl/α,β-unsaturated/α-hetero) is 1. The number of piperidine rings is 1. The highest BCUT2D eigenvalue weighted by Gasteiger charge is 2.22. The van der Waals surface area contributed by atoms with Gasteiger partial charge in [0.2, 0.25) is 11.9 Å². The lowest BCUT2D eigenvalue weighted by molar-refractivity contribution is -0.119. The lowest BCUT2D eigenvalue weighted by Gasteiger charge is -2.32. The molecule has 1 amide bonds. The van der Waals surface area contributed by atoms with E-state index in [-0.39, 0.29) is 23.5 Å². The minimum atomic E-state index is -0.475. The smallest absolute Gasteiger partial charge is 0.230 e. The minimum Gasteiger partial charge on any atom is -0.353 e. The van der Waals surface area contributed by atoms with Gasteiger partial charge in [0.15, 0.2) is 5.78 Å². The fraction of sp³-hybridized carbons (Fsp3) is 0.368. The summed E-state index contributed by atoms with van der Waals surface area (Å²) in [5, 5.41) is 3.01. The van der Waals surface area contributed by atoms with Crippen molar-refractivity contribution in [1.82, 2.24) is 15.3 Å². The molecular formula is C19H21FN4O2S. The molecule has 0 radical (unpaired) electrons. The van der Waals surface area contributed by atoms with Crippen molar-refractivity contribution >= 4 is 29.4 Å². The van der Waals surface area contributed by atoms with E-state index in [9.17, 15) is 14.0 Å². The molecule has 1 aromatic heterocycles. The van der Waals surface area contributed by atoms with E-state index in [2.05, 4.69) is 20.2 Å². The molecule has 0 bridgehead atoms. The van der Waals surface area contributed by atoms with Crippen molar-refractivity contribution in [1.29, 1.82) is 0 Å². The van der Waals surface area contributed by atoms with Gasteiger partial charge in [-0.3, -0.25) is 9.59 Å². The summed E-state index contributed by atoms with van der Waals surface area (Å²) in [6.45, 7) is 2.96.